The van der Waals surface area contributed by atoms with E-state index in [1.165, 1.54) is 29.2 Å². The molecular formula is C19H24Cl2FN3O3. The Morgan fingerprint density at radius 3 is 2.54 bits per heavy atom. The van der Waals surface area contributed by atoms with E-state index in [9.17, 15) is 14.3 Å². The standard InChI is InChI=1S/C19H22FN3O3.2ClH/c20-16-4-2-1-3-15(16)19(12-24,23-10-7-21-13-23)18(25)26-17-11-22-8-5-14(17)6-9-22;;/h1-4,7,10,13-14,17,24H,5-6,8-9,11-12H2;2*1H/t17-,19?;;/m0../s1. The second kappa shape index (κ2) is 9.22. The van der Waals surface area contributed by atoms with Crippen LogP contribution in [0.1, 0.15) is 18.4 Å². The maximum Gasteiger partial charge on any atom is 0.339 e. The van der Waals surface area contributed by atoms with Gasteiger partial charge in [-0.05, 0) is 37.9 Å². The van der Waals surface area contributed by atoms with Crippen LogP contribution < -0.4 is 0 Å². The van der Waals surface area contributed by atoms with Gasteiger partial charge < -0.3 is 14.4 Å². The Labute approximate surface area is 175 Å². The molecule has 1 unspecified atom stereocenters. The summed E-state index contributed by atoms with van der Waals surface area (Å²) in [6.45, 7) is 2.13. The van der Waals surface area contributed by atoms with Crippen molar-refractivity contribution >= 4 is 30.8 Å². The highest BCUT2D eigenvalue weighted by Crippen LogP contribution is 2.34. The van der Waals surface area contributed by atoms with Crippen LogP contribution in [-0.2, 0) is 15.1 Å². The number of carbonyl (C=O) groups is 1. The van der Waals surface area contributed by atoms with Crippen LogP contribution in [0.4, 0.5) is 4.39 Å². The predicted octanol–water partition coefficient (Wildman–Crippen LogP) is 2.24. The molecule has 0 radical (unpaired) electrons. The summed E-state index contributed by atoms with van der Waals surface area (Å²) >= 11 is 0. The van der Waals surface area contributed by atoms with Gasteiger partial charge in [0, 0.05) is 24.5 Å². The monoisotopic (exact) mass is 431 g/mol. The number of ether oxygens (including phenoxy) is 1. The zero-order valence-corrected chi connectivity index (χ0v) is 16.9. The van der Waals surface area contributed by atoms with E-state index in [-0.39, 0.29) is 36.5 Å². The molecule has 2 bridgehead atoms. The molecule has 3 aliphatic rings. The fourth-order valence-electron chi connectivity index (χ4n) is 4.15. The molecule has 1 N–H and O–H groups in total. The van der Waals surface area contributed by atoms with Gasteiger partial charge in [-0.1, -0.05) is 18.2 Å². The molecule has 1 aromatic carbocycles. The van der Waals surface area contributed by atoms with Crippen LogP contribution in [0.15, 0.2) is 43.0 Å². The van der Waals surface area contributed by atoms with E-state index in [2.05, 4.69) is 9.88 Å². The summed E-state index contributed by atoms with van der Waals surface area (Å²) in [7, 11) is 0. The molecule has 2 atom stereocenters. The van der Waals surface area contributed by atoms with Crippen LogP contribution in [0.3, 0.4) is 0 Å². The lowest BCUT2D eigenvalue weighted by Crippen LogP contribution is -2.55. The van der Waals surface area contributed by atoms with Crippen molar-refractivity contribution in [1.29, 1.82) is 0 Å². The van der Waals surface area contributed by atoms with Crippen molar-refractivity contribution in [2.45, 2.75) is 24.5 Å². The molecule has 3 saturated heterocycles. The zero-order valence-electron chi connectivity index (χ0n) is 15.2. The van der Waals surface area contributed by atoms with E-state index < -0.39 is 23.9 Å². The highest BCUT2D eigenvalue weighted by molar-refractivity contribution is 5.85. The van der Waals surface area contributed by atoms with Crippen LogP contribution >= 0.6 is 24.8 Å². The molecule has 6 nitrogen and oxygen atoms in total. The molecule has 3 aliphatic heterocycles. The fourth-order valence-corrected chi connectivity index (χ4v) is 4.15. The van der Waals surface area contributed by atoms with Gasteiger partial charge in [0.15, 0.2) is 5.54 Å². The number of nitrogens with zero attached hydrogens (tertiary/aromatic N) is 3. The fraction of sp³-hybridized carbons (Fsp3) is 0.474. The molecule has 1 aromatic heterocycles. The minimum Gasteiger partial charge on any atom is -0.459 e. The van der Waals surface area contributed by atoms with Crippen molar-refractivity contribution in [3.63, 3.8) is 0 Å². The summed E-state index contributed by atoms with van der Waals surface area (Å²) in [5.74, 6) is -0.897. The molecule has 0 amide bonds. The second-order valence-corrected chi connectivity index (χ2v) is 7.05. The first kappa shape index (κ1) is 22.6. The van der Waals surface area contributed by atoms with Gasteiger partial charge in [0.2, 0.25) is 0 Å². The maximum absolute atomic E-state index is 14.6. The number of benzene rings is 1. The third kappa shape index (κ3) is 3.76. The predicted molar refractivity (Wildman–Crippen MR) is 106 cm³/mol. The average Bonchev–Trinajstić information content (AvgIpc) is 3.20. The summed E-state index contributed by atoms with van der Waals surface area (Å²) in [5, 5.41) is 10.2. The van der Waals surface area contributed by atoms with Gasteiger partial charge >= 0.3 is 5.97 Å². The minimum absolute atomic E-state index is 0. The topological polar surface area (TPSA) is 67.6 Å². The number of rotatable bonds is 5. The van der Waals surface area contributed by atoms with Crippen LogP contribution in [-0.4, -0.2) is 57.9 Å². The average molecular weight is 432 g/mol. The number of hydrogen-bond acceptors (Lipinski definition) is 5. The Kier molecular flexibility index (Phi) is 7.45. The molecule has 4 heterocycles. The van der Waals surface area contributed by atoms with Crippen molar-refractivity contribution in [2.75, 3.05) is 26.2 Å². The van der Waals surface area contributed by atoms with Crippen LogP contribution in [0.5, 0.6) is 0 Å². The number of hydrogen-bond donors (Lipinski definition) is 1. The molecule has 0 spiro atoms. The largest absolute Gasteiger partial charge is 0.459 e. The third-order valence-electron chi connectivity index (χ3n) is 5.69. The quantitative estimate of drug-likeness (QED) is 0.735. The number of carbonyl (C=O) groups excluding carboxylic acids is 1. The first-order chi connectivity index (χ1) is 12.6. The summed E-state index contributed by atoms with van der Waals surface area (Å²) < 4.78 is 21.9. The first-order valence-electron chi connectivity index (χ1n) is 8.93. The van der Waals surface area contributed by atoms with Gasteiger partial charge in [0.05, 0.1) is 12.9 Å². The lowest BCUT2D eigenvalue weighted by atomic mass is 9.85. The van der Waals surface area contributed by atoms with E-state index >= 15 is 0 Å². The Hall–Kier alpha value is -1.67. The maximum atomic E-state index is 14.6. The zero-order chi connectivity index (χ0) is 18.1. The van der Waals surface area contributed by atoms with Crippen molar-refractivity contribution in [1.82, 2.24) is 14.5 Å². The van der Waals surface area contributed by atoms with Gasteiger partial charge in [-0.2, -0.15) is 0 Å². The second-order valence-electron chi connectivity index (χ2n) is 7.05. The van der Waals surface area contributed by atoms with E-state index in [1.807, 2.05) is 0 Å². The SMILES string of the molecule is Cl.Cl.O=C(O[C@H]1CN2CCC1CC2)C(CO)(c1ccccc1F)n1ccnc1. The van der Waals surface area contributed by atoms with Gasteiger partial charge in [-0.25, -0.2) is 14.2 Å². The van der Waals surface area contributed by atoms with Crippen molar-refractivity contribution in [3.05, 3.63) is 54.4 Å². The summed E-state index contributed by atoms with van der Waals surface area (Å²) in [4.78, 5) is 19.5. The summed E-state index contributed by atoms with van der Waals surface area (Å²) in [6, 6.07) is 5.97. The van der Waals surface area contributed by atoms with Crippen LogP contribution in [0.25, 0.3) is 0 Å². The third-order valence-corrected chi connectivity index (χ3v) is 5.69. The van der Waals surface area contributed by atoms with E-state index in [0.717, 1.165) is 25.9 Å². The molecule has 154 valence electrons. The number of halogens is 3. The van der Waals surface area contributed by atoms with Crippen molar-refractivity contribution in [3.8, 4) is 0 Å². The Morgan fingerprint density at radius 2 is 2.00 bits per heavy atom. The Balaban J connectivity index is 0.00000140. The molecule has 5 rings (SSSR count). The van der Waals surface area contributed by atoms with Gasteiger partial charge in [-0.15, -0.1) is 24.8 Å². The highest BCUT2D eigenvalue weighted by Gasteiger charge is 2.47. The number of esters is 1. The normalized spacial score (nSPS) is 25.1. The van der Waals surface area contributed by atoms with Gasteiger partial charge in [0.25, 0.3) is 0 Å². The Bertz CT molecular complexity index is 784. The lowest BCUT2D eigenvalue weighted by molar-refractivity contribution is -0.169. The molecule has 2 aromatic rings. The van der Waals surface area contributed by atoms with E-state index in [4.69, 9.17) is 4.74 Å². The molecule has 0 aliphatic carbocycles. The minimum atomic E-state index is -1.69. The molecular weight excluding hydrogens is 408 g/mol. The number of aliphatic hydroxyl groups is 1. The van der Waals surface area contributed by atoms with Crippen LogP contribution in [0, 0.1) is 11.7 Å². The number of fused-ring (bicyclic) bond motifs is 3. The highest BCUT2D eigenvalue weighted by atomic mass is 35.5. The number of imidazole rings is 1. The lowest BCUT2D eigenvalue weighted by Gasteiger charge is -2.45. The van der Waals surface area contributed by atoms with Gasteiger partial charge in [0.1, 0.15) is 11.9 Å². The number of aromatic nitrogens is 2. The van der Waals surface area contributed by atoms with E-state index in [1.54, 1.807) is 18.3 Å². The van der Waals surface area contributed by atoms with Gasteiger partial charge in [-0.3, -0.25) is 4.90 Å². The van der Waals surface area contributed by atoms with Crippen molar-refractivity contribution < 1.29 is 19.0 Å². The van der Waals surface area contributed by atoms with Crippen LogP contribution in [0.2, 0.25) is 0 Å². The smallest absolute Gasteiger partial charge is 0.339 e. The summed E-state index contributed by atoms with van der Waals surface area (Å²) in [5.41, 5.74) is -1.61. The molecule has 0 saturated carbocycles. The molecule has 9 heteroatoms. The number of aliphatic hydroxyl groups excluding tert-OH is 1. The number of piperidine rings is 3. The van der Waals surface area contributed by atoms with Crippen molar-refractivity contribution in [2.24, 2.45) is 5.92 Å². The Morgan fingerprint density at radius 1 is 1.29 bits per heavy atom. The first-order valence-corrected chi connectivity index (χ1v) is 8.93. The van der Waals surface area contributed by atoms with E-state index in [0.29, 0.717) is 12.5 Å². The molecule has 28 heavy (non-hydrogen) atoms. The summed E-state index contributed by atoms with van der Waals surface area (Å²) in [6.07, 6.45) is 6.20. The molecule has 3 fully saturated rings.